The van der Waals surface area contributed by atoms with Crippen LogP contribution >= 0.6 is 0 Å². The first kappa shape index (κ1) is 15.3. The molecule has 22 heavy (non-hydrogen) atoms. The van der Waals surface area contributed by atoms with E-state index in [0.717, 1.165) is 35.2 Å². The van der Waals surface area contributed by atoms with Crippen LogP contribution in [0, 0.1) is 19.3 Å². The van der Waals surface area contributed by atoms with Crippen molar-refractivity contribution in [3.05, 3.63) is 35.0 Å². The number of carbonyl (C=O) groups excluding carboxylic acids is 1. The SMILES string of the molecule is Cc1ccc2c(C(=O)CN3CCCC(C)(C)C3)c(C)[nH]c2c1. The molecule has 0 aliphatic carbocycles. The minimum atomic E-state index is 0.241. The van der Waals surface area contributed by atoms with E-state index in [1.807, 2.05) is 6.92 Å². The van der Waals surface area contributed by atoms with E-state index < -0.39 is 0 Å². The van der Waals surface area contributed by atoms with Gasteiger partial charge in [-0.3, -0.25) is 9.69 Å². The Hall–Kier alpha value is -1.61. The normalized spacial score (nSPS) is 18.7. The highest BCUT2D eigenvalue weighted by molar-refractivity contribution is 6.10. The molecule has 2 aromatic rings. The average Bonchev–Trinajstić information content (AvgIpc) is 2.72. The fourth-order valence-corrected chi connectivity index (χ4v) is 3.77. The number of aromatic amines is 1. The van der Waals surface area contributed by atoms with E-state index in [0.29, 0.717) is 12.0 Å². The Balaban J connectivity index is 1.85. The van der Waals surface area contributed by atoms with Crippen molar-refractivity contribution in [2.75, 3.05) is 19.6 Å². The lowest BCUT2D eigenvalue weighted by atomic mass is 9.84. The summed E-state index contributed by atoms with van der Waals surface area (Å²) in [6.07, 6.45) is 2.44. The van der Waals surface area contributed by atoms with Crippen LogP contribution in [0.4, 0.5) is 0 Å². The van der Waals surface area contributed by atoms with Gasteiger partial charge in [-0.2, -0.15) is 0 Å². The van der Waals surface area contributed by atoms with Crippen molar-refractivity contribution >= 4 is 16.7 Å². The van der Waals surface area contributed by atoms with Crippen LogP contribution in [0.15, 0.2) is 18.2 Å². The van der Waals surface area contributed by atoms with Crippen LogP contribution in [-0.4, -0.2) is 35.3 Å². The van der Waals surface area contributed by atoms with Crippen LogP contribution in [0.2, 0.25) is 0 Å². The second-order valence-corrected chi connectivity index (χ2v) is 7.58. The lowest BCUT2D eigenvalue weighted by Gasteiger charge is -2.37. The summed E-state index contributed by atoms with van der Waals surface area (Å²) in [4.78, 5) is 18.5. The summed E-state index contributed by atoms with van der Waals surface area (Å²) in [5, 5.41) is 1.06. The van der Waals surface area contributed by atoms with Crippen LogP contribution in [0.1, 0.15) is 48.3 Å². The number of likely N-dealkylation sites (tertiary alicyclic amines) is 1. The number of Topliss-reactive ketones (excluding diaryl/α,β-unsaturated/α-hetero) is 1. The second kappa shape index (κ2) is 5.54. The van der Waals surface area contributed by atoms with E-state index in [-0.39, 0.29) is 5.78 Å². The summed E-state index contributed by atoms with van der Waals surface area (Å²) in [6, 6.07) is 6.26. The summed E-state index contributed by atoms with van der Waals surface area (Å²) in [5.74, 6) is 0.241. The molecule has 0 radical (unpaired) electrons. The number of hydrogen-bond donors (Lipinski definition) is 1. The van der Waals surface area contributed by atoms with Gasteiger partial charge in [0.25, 0.3) is 0 Å². The van der Waals surface area contributed by atoms with Gasteiger partial charge in [-0.1, -0.05) is 26.0 Å². The highest BCUT2D eigenvalue weighted by Gasteiger charge is 2.28. The van der Waals surface area contributed by atoms with Gasteiger partial charge in [-0.25, -0.2) is 0 Å². The Kier molecular flexibility index (Phi) is 3.85. The van der Waals surface area contributed by atoms with Gasteiger partial charge in [0.1, 0.15) is 0 Å². The molecule has 0 atom stereocenters. The van der Waals surface area contributed by atoms with Gasteiger partial charge >= 0.3 is 0 Å². The van der Waals surface area contributed by atoms with Crippen LogP contribution < -0.4 is 0 Å². The maximum absolute atomic E-state index is 12.8. The predicted molar refractivity (Wildman–Crippen MR) is 91.6 cm³/mol. The van der Waals surface area contributed by atoms with Gasteiger partial charge in [0, 0.05) is 28.7 Å². The van der Waals surface area contributed by atoms with Crippen molar-refractivity contribution in [3.8, 4) is 0 Å². The Morgan fingerprint density at radius 1 is 1.32 bits per heavy atom. The molecular formula is C19H26N2O. The van der Waals surface area contributed by atoms with Crippen molar-refractivity contribution in [1.29, 1.82) is 0 Å². The molecule has 0 amide bonds. The van der Waals surface area contributed by atoms with Crippen molar-refractivity contribution in [1.82, 2.24) is 9.88 Å². The molecule has 1 aliphatic rings. The number of carbonyl (C=O) groups is 1. The van der Waals surface area contributed by atoms with Gasteiger partial charge in [0.2, 0.25) is 0 Å². The van der Waals surface area contributed by atoms with Gasteiger partial charge in [-0.15, -0.1) is 0 Å². The second-order valence-electron chi connectivity index (χ2n) is 7.58. The smallest absolute Gasteiger partial charge is 0.179 e. The first-order chi connectivity index (χ1) is 10.4. The highest BCUT2D eigenvalue weighted by atomic mass is 16.1. The molecule has 0 bridgehead atoms. The molecule has 0 spiro atoms. The van der Waals surface area contributed by atoms with E-state index in [1.165, 1.54) is 18.4 Å². The molecule has 1 saturated heterocycles. The van der Waals surface area contributed by atoms with E-state index in [1.54, 1.807) is 0 Å². The molecule has 1 N–H and O–H groups in total. The van der Waals surface area contributed by atoms with Crippen molar-refractivity contribution < 1.29 is 4.79 Å². The third-order valence-corrected chi connectivity index (χ3v) is 4.77. The number of fused-ring (bicyclic) bond motifs is 1. The van der Waals surface area contributed by atoms with Crippen LogP contribution in [0.3, 0.4) is 0 Å². The van der Waals surface area contributed by atoms with Gasteiger partial charge in [0.05, 0.1) is 6.54 Å². The van der Waals surface area contributed by atoms with Crippen LogP contribution in [-0.2, 0) is 0 Å². The minimum absolute atomic E-state index is 0.241. The number of H-pyrrole nitrogens is 1. The molecule has 1 aromatic heterocycles. The number of aromatic nitrogens is 1. The zero-order valence-corrected chi connectivity index (χ0v) is 14.1. The molecule has 0 saturated carbocycles. The van der Waals surface area contributed by atoms with E-state index in [9.17, 15) is 4.79 Å². The molecule has 1 aromatic carbocycles. The topological polar surface area (TPSA) is 36.1 Å². The Morgan fingerprint density at radius 3 is 2.82 bits per heavy atom. The molecule has 3 nitrogen and oxygen atoms in total. The van der Waals surface area contributed by atoms with E-state index in [4.69, 9.17) is 0 Å². The van der Waals surface area contributed by atoms with E-state index >= 15 is 0 Å². The molecule has 2 heterocycles. The molecular weight excluding hydrogens is 272 g/mol. The largest absolute Gasteiger partial charge is 0.358 e. The van der Waals surface area contributed by atoms with E-state index in [2.05, 4.69) is 48.9 Å². The quantitative estimate of drug-likeness (QED) is 0.866. The molecule has 3 rings (SSSR count). The summed E-state index contributed by atoms with van der Waals surface area (Å²) < 4.78 is 0. The molecule has 1 aliphatic heterocycles. The Bertz CT molecular complexity index is 712. The molecule has 118 valence electrons. The minimum Gasteiger partial charge on any atom is -0.358 e. The Labute approximate surface area is 132 Å². The first-order valence-electron chi connectivity index (χ1n) is 8.20. The molecule has 0 unspecified atom stereocenters. The van der Waals surface area contributed by atoms with Crippen LogP contribution in [0.25, 0.3) is 10.9 Å². The number of nitrogens with zero attached hydrogens (tertiary/aromatic N) is 1. The fraction of sp³-hybridized carbons (Fsp3) is 0.526. The van der Waals surface area contributed by atoms with Gasteiger partial charge in [-0.05, 0) is 50.3 Å². The summed E-state index contributed by atoms with van der Waals surface area (Å²) in [7, 11) is 0. The fourth-order valence-electron chi connectivity index (χ4n) is 3.77. The molecule has 3 heteroatoms. The lowest BCUT2D eigenvalue weighted by Crippen LogP contribution is -2.42. The van der Waals surface area contributed by atoms with Crippen molar-refractivity contribution in [3.63, 3.8) is 0 Å². The predicted octanol–water partition coefficient (Wildman–Crippen LogP) is 4.09. The number of benzene rings is 1. The number of piperidine rings is 1. The summed E-state index contributed by atoms with van der Waals surface area (Å²) in [6.45, 7) is 11.3. The summed E-state index contributed by atoms with van der Waals surface area (Å²) >= 11 is 0. The third-order valence-electron chi connectivity index (χ3n) is 4.77. The zero-order valence-electron chi connectivity index (χ0n) is 14.1. The Morgan fingerprint density at radius 2 is 2.09 bits per heavy atom. The van der Waals surface area contributed by atoms with Crippen LogP contribution in [0.5, 0.6) is 0 Å². The maximum atomic E-state index is 12.8. The van der Waals surface area contributed by atoms with Gasteiger partial charge in [0.15, 0.2) is 5.78 Å². The number of ketones is 1. The third kappa shape index (κ3) is 2.95. The highest BCUT2D eigenvalue weighted by Crippen LogP contribution is 2.29. The standard InChI is InChI=1S/C19H26N2O/c1-13-6-7-15-16(10-13)20-14(2)18(15)17(22)11-21-9-5-8-19(3,4)12-21/h6-7,10,20H,5,8-9,11-12H2,1-4H3. The number of aryl methyl sites for hydroxylation is 2. The number of nitrogens with one attached hydrogen (secondary N) is 1. The first-order valence-corrected chi connectivity index (χ1v) is 8.20. The number of hydrogen-bond acceptors (Lipinski definition) is 2. The maximum Gasteiger partial charge on any atom is 0.179 e. The lowest BCUT2D eigenvalue weighted by molar-refractivity contribution is 0.0811. The number of rotatable bonds is 3. The summed E-state index contributed by atoms with van der Waals surface area (Å²) in [5.41, 5.74) is 4.47. The van der Waals surface area contributed by atoms with Crippen molar-refractivity contribution in [2.24, 2.45) is 5.41 Å². The van der Waals surface area contributed by atoms with Crippen molar-refractivity contribution in [2.45, 2.75) is 40.5 Å². The zero-order chi connectivity index (χ0) is 15.9. The van der Waals surface area contributed by atoms with Gasteiger partial charge < -0.3 is 4.98 Å². The monoisotopic (exact) mass is 298 g/mol. The molecule has 1 fully saturated rings. The average molecular weight is 298 g/mol.